The van der Waals surface area contributed by atoms with E-state index in [0.29, 0.717) is 27.0 Å². The average molecular weight is 402 g/mol. The number of aryl methyl sites for hydroxylation is 2. The van der Waals surface area contributed by atoms with Gasteiger partial charge < -0.3 is 24.5 Å². The van der Waals surface area contributed by atoms with Gasteiger partial charge in [-0.1, -0.05) is 5.16 Å². The van der Waals surface area contributed by atoms with Gasteiger partial charge in [0.1, 0.15) is 5.76 Å². The van der Waals surface area contributed by atoms with E-state index < -0.39 is 11.8 Å². The summed E-state index contributed by atoms with van der Waals surface area (Å²) in [5.74, 6) is -0.0921. The van der Waals surface area contributed by atoms with Crippen LogP contribution < -0.4 is 10.6 Å². The van der Waals surface area contributed by atoms with Gasteiger partial charge in [0.15, 0.2) is 11.6 Å². The minimum atomic E-state index is -0.402. The first-order chi connectivity index (χ1) is 13.3. The van der Waals surface area contributed by atoms with Crippen LogP contribution in [0.1, 0.15) is 31.6 Å². The predicted molar refractivity (Wildman–Crippen MR) is 103 cm³/mol. The molecule has 0 aliphatic rings. The Hall–Kier alpha value is -3.40. The van der Waals surface area contributed by atoms with Crippen molar-refractivity contribution >= 4 is 39.9 Å². The number of anilines is 2. The number of carbonyl (C=O) groups is 3. The highest BCUT2D eigenvalue weighted by molar-refractivity contribution is 7.18. The summed E-state index contributed by atoms with van der Waals surface area (Å²) in [5, 5.41) is 9.44. The van der Waals surface area contributed by atoms with E-state index in [1.807, 2.05) is 0 Å². The normalized spacial score (nSPS) is 10.5. The highest BCUT2D eigenvalue weighted by Crippen LogP contribution is 2.28. The largest absolute Gasteiger partial charge is 0.459 e. The van der Waals surface area contributed by atoms with Crippen LogP contribution in [0.15, 0.2) is 39.5 Å². The van der Waals surface area contributed by atoms with Gasteiger partial charge in [0.25, 0.3) is 11.8 Å². The van der Waals surface area contributed by atoms with Crippen molar-refractivity contribution in [1.82, 2.24) is 10.1 Å². The number of aromatic nitrogens is 1. The fourth-order valence-corrected chi connectivity index (χ4v) is 3.47. The van der Waals surface area contributed by atoms with Crippen molar-refractivity contribution in [2.24, 2.45) is 0 Å². The molecule has 0 aliphatic heterocycles. The molecule has 0 aromatic carbocycles. The minimum absolute atomic E-state index is 0.157. The summed E-state index contributed by atoms with van der Waals surface area (Å²) in [6.07, 6.45) is 1.41. The summed E-state index contributed by atoms with van der Waals surface area (Å²) in [6.45, 7) is 3.31. The monoisotopic (exact) mass is 402 g/mol. The van der Waals surface area contributed by atoms with Gasteiger partial charge >= 0.3 is 0 Å². The smallest absolute Gasteiger partial charge is 0.291 e. The lowest BCUT2D eigenvalue weighted by molar-refractivity contribution is -0.116. The van der Waals surface area contributed by atoms with Crippen molar-refractivity contribution in [2.75, 3.05) is 24.2 Å². The fourth-order valence-electron chi connectivity index (χ4n) is 2.41. The average Bonchev–Trinajstić information content (AvgIpc) is 3.36. The molecular formula is C18H18N4O5S. The van der Waals surface area contributed by atoms with E-state index in [1.54, 1.807) is 38.1 Å². The molecule has 0 bridgehead atoms. The Kier molecular flexibility index (Phi) is 5.59. The third kappa shape index (κ3) is 4.46. The van der Waals surface area contributed by atoms with E-state index >= 15 is 0 Å². The second kappa shape index (κ2) is 8.09. The van der Waals surface area contributed by atoms with Crippen molar-refractivity contribution in [3.05, 3.63) is 52.5 Å². The van der Waals surface area contributed by atoms with Crippen LogP contribution in [0.3, 0.4) is 0 Å². The molecule has 10 heteroatoms. The summed E-state index contributed by atoms with van der Waals surface area (Å²) in [4.78, 5) is 38.5. The second-order valence-electron chi connectivity index (χ2n) is 6.09. The first-order valence-corrected chi connectivity index (χ1v) is 9.09. The molecule has 3 aromatic rings. The molecule has 3 heterocycles. The Morgan fingerprint density at radius 3 is 2.64 bits per heavy atom. The highest BCUT2D eigenvalue weighted by Gasteiger charge is 2.21. The van der Waals surface area contributed by atoms with Gasteiger partial charge in [-0.15, -0.1) is 11.3 Å². The van der Waals surface area contributed by atoms with Crippen LogP contribution >= 0.6 is 11.3 Å². The predicted octanol–water partition coefficient (Wildman–Crippen LogP) is 2.91. The minimum Gasteiger partial charge on any atom is -0.459 e. The van der Waals surface area contributed by atoms with E-state index in [1.165, 1.54) is 18.2 Å². The molecule has 3 aromatic heterocycles. The van der Waals surface area contributed by atoms with E-state index in [2.05, 4.69) is 15.8 Å². The SMILES string of the molecule is Cc1cc(NC(=O)CN(C)C(=O)c2sc(NC(=O)c3ccco3)cc2C)no1. The third-order valence-corrected chi connectivity index (χ3v) is 4.86. The quantitative estimate of drug-likeness (QED) is 0.655. The number of hydrogen-bond donors (Lipinski definition) is 2. The zero-order chi connectivity index (χ0) is 20.3. The zero-order valence-electron chi connectivity index (χ0n) is 15.4. The van der Waals surface area contributed by atoms with E-state index in [4.69, 9.17) is 8.94 Å². The van der Waals surface area contributed by atoms with Crippen LogP contribution in [0, 0.1) is 13.8 Å². The molecule has 9 nitrogen and oxygen atoms in total. The number of amides is 3. The van der Waals surface area contributed by atoms with Crippen LogP contribution in [0.5, 0.6) is 0 Å². The van der Waals surface area contributed by atoms with Gasteiger partial charge in [-0.2, -0.15) is 0 Å². The lowest BCUT2D eigenvalue weighted by atomic mass is 10.2. The standard InChI is InChI=1S/C18H18N4O5S/c1-10-7-15(20-17(24)12-5-4-6-26-12)28-16(10)18(25)22(3)9-14(23)19-13-8-11(2)27-21-13/h4-8H,9H2,1-3H3,(H,20,24)(H,19,21,23). The van der Waals surface area contributed by atoms with Crippen LogP contribution in [0.2, 0.25) is 0 Å². The molecule has 0 atom stereocenters. The zero-order valence-corrected chi connectivity index (χ0v) is 16.3. The maximum absolute atomic E-state index is 12.7. The van der Waals surface area contributed by atoms with Crippen LogP contribution in [0.25, 0.3) is 0 Å². The maximum Gasteiger partial charge on any atom is 0.291 e. The molecule has 0 saturated carbocycles. The first kappa shape index (κ1) is 19.4. The van der Waals surface area contributed by atoms with Crippen LogP contribution in [-0.4, -0.2) is 41.4 Å². The van der Waals surface area contributed by atoms with E-state index in [0.717, 1.165) is 11.3 Å². The van der Waals surface area contributed by atoms with Gasteiger partial charge in [-0.05, 0) is 37.6 Å². The van der Waals surface area contributed by atoms with E-state index in [-0.39, 0.29) is 18.2 Å². The van der Waals surface area contributed by atoms with Crippen molar-refractivity contribution in [3.8, 4) is 0 Å². The summed E-state index contributed by atoms with van der Waals surface area (Å²) in [5.41, 5.74) is 0.698. The molecule has 0 aliphatic carbocycles. The number of likely N-dealkylation sites (N-methyl/N-ethyl adjacent to an activating group) is 1. The Morgan fingerprint density at radius 2 is 2.00 bits per heavy atom. The van der Waals surface area contributed by atoms with Gasteiger partial charge in [0.05, 0.1) is 22.7 Å². The van der Waals surface area contributed by atoms with Gasteiger partial charge in [-0.3, -0.25) is 14.4 Å². The number of carbonyl (C=O) groups excluding carboxylic acids is 3. The number of thiophene rings is 1. The lowest BCUT2D eigenvalue weighted by Crippen LogP contribution is -2.34. The third-order valence-electron chi connectivity index (χ3n) is 3.72. The van der Waals surface area contributed by atoms with Crippen molar-refractivity contribution in [1.29, 1.82) is 0 Å². The molecule has 146 valence electrons. The second-order valence-corrected chi connectivity index (χ2v) is 7.14. The van der Waals surface area contributed by atoms with Crippen molar-refractivity contribution < 1.29 is 23.3 Å². The fraction of sp³-hybridized carbons (Fsp3) is 0.222. The molecule has 0 radical (unpaired) electrons. The number of hydrogen-bond acceptors (Lipinski definition) is 7. The van der Waals surface area contributed by atoms with Gasteiger partial charge in [-0.25, -0.2) is 0 Å². The maximum atomic E-state index is 12.7. The lowest BCUT2D eigenvalue weighted by Gasteiger charge is -2.15. The molecule has 3 amide bonds. The summed E-state index contributed by atoms with van der Waals surface area (Å²) in [7, 11) is 1.52. The molecule has 0 spiro atoms. The van der Waals surface area contributed by atoms with Crippen LogP contribution in [0.4, 0.5) is 10.8 Å². The highest BCUT2D eigenvalue weighted by atomic mass is 32.1. The molecular weight excluding hydrogens is 384 g/mol. The van der Waals surface area contributed by atoms with Gasteiger partial charge in [0, 0.05) is 13.1 Å². The molecule has 0 unspecified atom stereocenters. The van der Waals surface area contributed by atoms with Crippen molar-refractivity contribution in [2.45, 2.75) is 13.8 Å². The number of furan rings is 1. The Bertz CT molecular complexity index is 1010. The molecule has 2 N–H and O–H groups in total. The summed E-state index contributed by atoms with van der Waals surface area (Å²) in [6, 6.07) is 6.44. The summed E-state index contributed by atoms with van der Waals surface area (Å²) >= 11 is 1.13. The van der Waals surface area contributed by atoms with Gasteiger partial charge in [0.2, 0.25) is 5.91 Å². The number of nitrogens with one attached hydrogen (secondary N) is 2. The van der Waals surface area contributed by atoms with E-state index in [9.17, 15) is 14.4 Å². The Morgan fingerprint density at radius 1 is 1.21 bits per heavy atom. The molecule has 28 heavy (non-hydrogen) atoms. The number of rotatable bonds is 6. The topological polar surface area (TPSA) is 118 Å². The first-order valence-electron chi connectivity index (χ1n) is 8.27. The molecule has 0 fully saturated rings. The van der Waals surface area contributed by atoms with Crippen LogP contribution in [-0.2, 0) is 4.79 Å². The molecule has 3 rings (SSSR count). The van der Waals surface area contributed by atoms with Crippen molar-refractivity contribution in [3.63, 3.8) is 0 Å². The Labute approximate surface area is 164 Å². The number of nitrogens with zero attached hydrogens (tertiary/aromatic N) is 2. The Balaban J connectivity index is 1.62. The molecule has 0 saturated heterocycles. The summed E-state index contributed by atoms with van der Waals surface area (Å²) < 4.78 is 9.92.